The van der Waals surface area contributed by atoms with Crippen LogP contribution in [0.15, 0.2) is 36.4 Å². The number of rotatable bonds is 4. The highest BCUT2D eigenvalue weighted by atomic mass is 35.5. The lowest BCUT2D eigenvalue weighted by molar-refractivity contribution is 0.589. The second-order valence-electron chi connectivity index (χ2n) is 5.29. The summed E-state index contributed by atoms with van der Waals surface area (Å²) in [6, 6.07) is 12.7. The number of aryl methyl sites for hydroxylation is 1. The van der Waals surface area contributed by atoms with Gasteiger partial charge in [-0.2, -0.15) is 0 Å². The van der Waals surface area contributed by atoms with E-state index >= 15 is 0 Å². The van der Waals surface area contributed by atoms with Crippen molar-refractivity contribution in [2.75, 3.05) is 0 Å². The maximum atomic E-state index is 6.30. The number of halogens is 2. The van der Waals surface area contributed by atoms with Crippen LogP contribution in [0.3, 0.4) is 0 Å². The van der Waals surface area contributed by atoms with Gasteiger partial charge in [0.05, 0.1) is 10.0 Å². The van der Waals surface area contributed by atoms with Gasteiger partial charge >= 0.3 is 0 Å². The lowest BCUT2D eigenvalue weighted by Gasteiger charge is -2.13. The van der Waals surface area contributed by atoms with Crippen molar-refractivity contribution in [3.63, 3.8) is 0 Å². The second-order valence-corrected chi connectivity index (χ2v) is 6.07. The third-order valence-electron chi connectivity index (χ3n) is 3.25. The van der Waals surface area contributed by atoms with E-state index in [1.165, 1.54) is 11.1 Å². The molecule has 0 unspecified atom stereocenters. The third-order valence-corrected chi connectivity index (χ3v) is 4.07. The van der Waals surface area contributed by atoms with Gasteiger partial charge in [0.25, 0.3) is 0 Å². The molecule has 0 aliphatic heterocycles. The zero-order valence-electron chi connectivity index (χ0n) is 12.0. The highest BCUT2D eigenvalue weighted by Crippen LogP contribution is 2.35. The predicted molar refractivity (Wildman–Crippen MR) is 88.6 cm³/mol. The number of hydrogen-bond acceptors (Lipinski definition) is 1. The average Bonchev–Trinajstić information content (AvgIpc) is 2.40. The Balaban J connectivity index is 2.32. The van der Waals surface area contributed by atoms with Crippen LogP contribution in [0.5, 0.6) is 0 Å². The molecule has 0 aliphatic carbocycles. The van der Waals surface area contributed by atoms with Crippen LogP contribution >= 0.6 is 23.2 Å². The van der Waals surface area contributed by atoms with E-state index in [0.717, 1.165) is 17.7 Å². The maximum Gasteiger partial charge on any atom is 0.0670 e. The Morgan fingerprint density at radius 3 is 2.45 bits per heavy atom. The lowest BCUT2D eigenvalue weighted by Crippen LogP contribution is -2.21. The molecule has 1 N–H and O–H groups in total. The molecule has 0 aliphatic rings. The van der Waals surface area contributed by atoms with Gasteiger partial charge < -0.3 is 5.32 Å². The maximum absolute atomic E-state index is 6.30. The molecule has 0 heterocycles. The molecule has 0 radical (unpaired) electrons. The van der Waals surface area contributed by atoms with Crippen molar-refractivity contribution in [2.24, 2.45) is 0 Å². The van der Waals surface area contributed by atoms with Crippen LogP contribution in [0.25, 0.3) is 11.1 Å². The molecule has 106 valence electrons. The van der Waals surface area contributed by atoms with Gasteiger partial charge in [-0.15, -0.1) is 0 Å². The van der Waals surface area contributed by atoms with Gasteiger partial charge in [-0.25, -0.2) is 0 Å². The Morgan fingerprint density at radius 2 is 1.80 bits per heavy atom. The van der Waals surface area contributed by atoms with Gasteiger partial charge in [-0.05, 0) is 29.7 Å². The van der Waals surface area contributed by atoms with Crippen molar-refractivity contribution in [2.45, 2.75) is 33.4 Å². The summed E-state index contributed by atoms with van der Waals surface area (Å²) >= 11 is 12.4. The van der Waals surface area contributed by atoms with E-state index in [-0.39, 0.29) is 0 Å². The van der Waals surface area contributed by atoms with Crippen molar-refractivity contribution in [3.8, 4) is 11.1 Å². The smallest absolute Gasteiger partial charge is 0.0670 e. The van der Waals surface area contributed by atoms with Crippen molar-refractivity contribution in [3.05, 3.63) is 57.6 Å². The second kappa shape index (κ2) is 6.62. The van der Waals surface area contributed by atoms with Crippen LogP contribution in [0, 0.1) is 6.92 Å². The van der Waals surface area contributed by atoms with Crippen LogP contribution in [-0.2, 0) is 6.54 Å². The minimum atomic E-state index is 0.484. The van der Waals surface area contributed by atoms with Crippen molar-refractivity contribution in [1.82, 2.24) is 5.32 Å². The molecular weight excluding hydrogens is 289 g/mol. The molecule has 0 saturated carbocycles. The monoisotopic (exact) mass is 307 g/mol. The summed E-state index contributed by atoms with van der Waals surface area (Å²) in [4.78, 5) is 0. The van der Waals surface area contributed by atoms with Crippen LogP contribution < -0.4 is 5.32 Å². The fourth-order valence-corrected chi connectivity index (χ4v) is 2.57. The van der Waals surface area contributed by atoms with Gasteiger partial charge in [-0.3, -0.25) is 0 Å². The summed E-state index contributed by atoms with van der Waals surface area (Å²) in [5.74, 6) is 0. The van der Waals surface area contributed by atoms with E-state index in [2.05, 4.69) is 44.3 Å². The van der Waals surface area contributed by atoms with Gasteiger partial charge in [-0.1, -0.05) is 67.4 Å². The molecule has 3 heteroatoms. The fourth-order valence-electron chi connectivity index (χ4n) is 2.17. The molecule has 0 saturated heterocycles. The van der Waals surface area contributed by atoms with Gasteiger partial charge in [0.1, 0.15) is 0 Å². The fraction of sp³-hybridized carbons (Fsp3) is 0.294. The van der Waals surface area contributed by atoms with Crippen LogP contribution in [0.1, 0.15) is 25.0 Å². The highest BCUT2D eigenvalue weighted by Gasteiger charge is 2.09. The topological polar surface area (TPSA) is 12.0 Å². The minimum absolute atomic E-state index is 0.484. The normalized spacial score (nSPS) is 11.1. The summed E-state index contributed by atoms with van der Waals surface area (Å²) < 4.78 is 0. The Morgan fingerprint density at radius 1 is 1.05 bits per heavy atom. The van der Waals surface area contributed by atoms with Crippen LogP contribution in [-0.4, -0.2) is 6.04 Å². The largest absolute Gasteiger partial charge is 0.310 e. The highest BCUT2D eigenvalue weighted by molar-refractivity contribution is 6.43. The molecule has 0 amide bonds. The van der Waals surface area contributed by atoms with E-state index < -0.39 is 0 Å². The zero-order valence-corrected chi connectivity index (χ0v) is 13.5. The zero-order chi connectivity index (χ0) is 14.7. The van der Waals surface area contributed by atoms with Crippen LogP contribution in [0.4, 0.5) is 0 Å². The molecule has 0 atom stereocenters. The Labute approximate surface area is 130 Å². The minimum Gasteiger partial charge on any atom is -0.310 e. The quantitative estimate of drug-likeness (QED) is 0.790. The van der Waals surface area contributed by atoms with E-state index in [4.69, 9.17) is 23.2 Å². The molecule has 0 bridgehead atoms. The van der Waals surface area contributed by atoms with E-state index in [1.54, 1.807) is 0 Å². The molecule has 2 aromatic rings. The van der Waals surface area contributed by atoms with E-state index in [0.29, 0.717) is 16.1 Å². The van der Waals surface area contributed by atoms with E-state index in [9.17, 15) is 0 Å². The molecule has 0 aromatic heterocycles. The molecule has 2 aromatic carbocycles. The van der Waals surface area contributed by atoms with Crippen LogP contribution in [0.2, 0.25) is 10.0 Å². The van der Waals surface area contributed by atoms with Crippen molar-refractivity contribution < 1.29 is 0 Å². The van der Waals surface area contributed by atoms with E-state index in [1.807, 2.05) is 18.2 Å². The van der Waals surface area contributed by atoms with Gasteiger partial charge in [0.2, 0.25) is 0 Å². The summed E-state index contributed by atoms with van der Waals surface area (Å²) in [5, 5.41) is 4.63. The number of hydrogen-bond donors (Lipinski definition) is 1. The first-order valence-corrected chi connectivity index (χ1v) is 7.52. The Kier molecular flexibility index (Phi) is 5.09. The summed E-state index contributed by atoms with van der Waals surface area (Å²) in [6.07, 6.45) is 0. The average molecular weight is 308 g/mol. The molecular formula is C17H19Cl2N. The SMILES string of the molecule is Cc1cc(CNC(C)C)ccc1-c1cccc(Cl)c1Cl. The first-order chi connectivity index (χ1) is 9.49. The molecule has 20 heavy (non-hydrogen) atoms. The standard InChI is InChI=1S/C17H19Cl2N/c1-11(2)20-10-13-7-8-14(12(3)9-13)15-5-4-6-16(18)17(15)19/h4-9,11,20H,10H2,1-3H3. The summed E-state index contributed by atoms with van der Waals surface area (Å²) in [6.45, 7) is 7.27. The molecule has 0 spiro atoms. The summed E-state index contributed by atoms with van der Waals surface area (Å²) in [7, 11) is 0. The summed E-state index contributed by atoms with van der Waals surface area (Å²) in [5.41, 5.74) is 4.60. The van der Waals surface area contributed by atoms with Gasteiger partial charge in [0.15, 0.2) is 0 Å². The third kappa shape index (κ3) is 3.54. The number of nitrogens with one attached hydrogen (secondary N) is 1. The van der Waals surface area contributed by atoms with Crippen molar-refractivity contribution in [1.29, 1.82) is 0 Å². The molecule has 1 nitrogen and oxygen atoms in total. The van der Waals surface area contributed by atoms with Crippen molar-refractivity contribution >= 4 is 23.2 Å². The molecule has 0 fully saturated rings. The predicted octanol–water partition coefficient (Wildman–Crippen LogP) is 5.47. The Bertz CT molecular complexity index is 606. The first-order valence-electron chi connectivity index (χ1n) is 6.76. The van der Waals surface area contributed by atoms with Gasteiger partial charge in [0, 0.05) is 18.2 Å². The Hall–Kier alpha value is -1.02. The first kappa shape index (κ1) is 15.4. The number of benzene rings is 2. The lowest BCUT2D eigenvalue weighted by atomic mass is 9.98. The molecule has 2 rings (SSSR count).